The van der Waals surface area contributed by atoms with Crippen LogP contribution in [0.1, 0.15) is 284 Å². The zero-order valence-electron chi connectivity index (χ0n) is 61.3. The van der Waals surface area contributed by atoms with E-state index in [9.17, 15) is 19.5 Å². The zero-order valence-corrected chi connectivity index (χ0v) is 61.3. The van der Waals surface area contributed by atoms with Crippen LogP contribution in [0.4, 0.5) is 0 Å². The second-order valence-electron chi connectivity index (χ2n) is 25.8. The van der Waals surface area contributed by atoms with E-state index in [0.717, 1.165) is 148 Å². The molecule has 0 rings (SSSR count). The number of likely N-dealkylation sites (N-methyl/N-ethyl adjacent to an activating group) is 1. The van der Waals surface area contributed by atoms with Gasteiger partial charge in [-0.05, 0) is 135 Å². The molecule has 0 aliphatic carbocycles. The van der Waals surface area contributed by atoms with Gasteiger partial charge in [-0.3, -0.25) is 9.59 Å². The molecule has 536 valence electrons. The molecule has 95 heavy (non-hydrogen) atoms. The van der Waals surface area contributed by atoms with Gasteiger partial charge >= 0.3 is 17.9 Å². The summed E-state index contributed by atoms with van der Waals surface area (Å²) >= 11 is 0. The highest BCUT2D eigenvalue weighted by Gasteiger charge is 2.25. The summed E-state index contributed by atoms with van der Waals surface area (Å²) in [5, 5.41) is 9.76. The van der Waals surface area contributed by atoms with Gasteiger partial charge in [0, 0.05) is 12.8 Å². The summed E-state index contributed by atoms with van der Waals surface area (Å²) in [5.74, 6) is -2.04. The van der Waals surface area contributed by atoms with E-state index in [1.54, 1.807) is 0 Å². The quantitative estimate of drug-likeness (QED) is 0.0211. The molecular weight excluding hydrogens is 1170 g/mol. The van der Waals surface area contributed by atoms with Crippen molar-refractivity contribution in [3.8, 4) is 0 Å². The number of carboxylic acid groups (broad SMARTS) is 1. The minimum atomic E-state index is -1.53. The number of allylic oxidation sites excluding steroid dienone is 30. The summed E-state index contributed by atoms with van der Waals surface area (Å²) in [6.07, 6.45) is 110. The fourth-order valence-corrected chi connectivity index (χ4v) is 9.95. The average molecular weight is 1320 g/mol. The molecule has 0 fully saturated rings. The van der Waals surface area contributed by atoms with Crippen molar-refractivity contribution in [1.82, 2.24) is 0 Å². The molecule has 0 radical (unpaired) electrons. The second-order valence-corrected chi connectivity index (χ2v) is 25.8. The Bertz CT molecular complexity index is 2220. The van der Waals surface area contributed by atoms with Gasteiger partial charge in [0.05, 0.1) is 34.4 Å². The molecule has 0 aliphatic heterocycles. The third-order valence-corrected chi connectivity index (χ3v) is 15.7. The maximum atomic E-state index is 13.0. The summed E-state index contributed by atoms with van der Waals surface area (Å²) in [7, 11) is 5.96. The third kappa shape index (κ3) is 75.6. The average Bonchev–Trinajstić information content (AvgIpc) is 3.75. The Hall–Kier alpha value is -5.61. The maximum Gasteiger partial charge on any atom is 0.361 e. The summed E-state index contributed by atoms with van der Waals surface area (Å²) in [5.41, 5.74) is 0. The van der Waals surface area contributed by atoms with Crippen molar-refractivity contribution in [2.45, 2.75) is 296 Å². The van der Waals surface area contributed by atoms with Crippen LogP contribution in [-0.4, -0.2) is 87.4 Å². The first-order valence-corrected chi connectivity index (χ1v) is 37.9. The van der Waals surface area contributed by atoms with Gasteiger partial charge in [-0.1, -0.05) is 318 Å². The van der Waals surface area contributed by atoms with Gasteiger partial charge in [-0.15, -0.1) is 0 Å². The topological polar surface area (TPSA) is 108 Å². The smallest absolute Gasteiger partial charge is 0.361 e. The van der Waals surface area contributed by atoms with Crippen LogP contribution in [0.2, 0.25) is 0 Å². The minimum Gasteiger partial charge on any atom is -0.477 e. The number of quaternary nitrogens is 1. The fourth-order valence-electron chi connectivity index (χ4n) is 9.95. The molecule has 0 aromatic carbocycles. The molecule has 2 unspecified atom stereocenters. The van der Waals surface area contributed by atoms with E-state index >= 15 is 0 Å². The molecule has 0 aromatic heterocycles. The predicted molar refractivity (Wildman–Crippen MR) is 409 cm³/mol. The Kier molecular flexibility index (Phi) is 69.8. The van der Waals surface area contributed by atoms with Crippen LogP contribution in [0, 0.1) is 0 Å². The van der Waals surface area contributed by atoms with Crippen molar-refractivity contribution in [1.29, 1.82) is 0 Å². The van der Waals surface area contributed by atoms with E-state index in [0.29, 0.717) is 17.4 Å². The van der Waals surface area contributed by atoms with Crippen molar-refractivity contribution in [3.63, 3.8) is 0 Å². The molecule has 0 aromatic rings. The van der Waals surface area contributed by atoms with Gasteiger partial charge in [-0.2, -0.15) is 0 Å². The molecule has 0 saturated heterocycles. The lowest BCUT2D eigenvalue weighted by Crippen LogP contribution is -2.40. The van der Waals surface area contributed by atoms with Crippen molar-refractivity contribution >= 4 is 17.9 Å². The Labute approximate surface area is 583 Å². The standard InChI is InChI=1S/C86H139NO8/c1-6-8-10-12-14-16-18-20-22-24-26-28-30-32-34-36-38-40-41-42-43-45-46-48-50-52-54-56-58-60-62-64-66-68-70-72-74-76-83(88)93-80-82(81-94-86(85(90)91)92-79-78-87(3,4)5)95-84(89)77-75-73-71-69-67-65-63-61-59-57-55-53-51-49-47-44-39-37-35-33-31-29-27-25-23-21-19-17-15-13-11-9-7-2/h8-11,14-17,20-23,26-29,32-35,38-40,44,49,51,55,57,61,63,82,86H,6-7,12-13,18-19,24-25,30-31,36-37,41-43,45-48,50,52-54,56,58-60,62,64-81H2,1-5H3/p+1/b10-8-,11-9-,16-14-,17-15-,22-20-,23-21-,28-26-,29-27-,34-32-,35-33-,40-38-,44-39-,51-49-,57-55-,63-61-. The summed E-state index contributed by atoms with van der Waals surface area (Å²) in [4.78, 5) is 37.7. The number of esters is 2. The number of aliphatic carboxylic acids is 1. The first-order chi connectivity index (χ1) is 46.6. The highest BCUT2D eigenvalue weighted by Crippen LogP contribution is 2.17. The first kappa shape index (κ1) is 89.4. The summed E-state index contributed by atoms with van der Waals surface area (Å²) in [6, 6.07) is 0. The summed E-state index contributed by atoms with van der Waals surface area (Å²) in [6.45, 7) is 4.62. The third-order valence-electron chi connectivity index (χ3n) is 15.7. The molecule has 9 heteroatoms. The van der Waals surface area contributed by atoms with E-state index in [2.05, 4.69) is 196 Å². The molecule has 2 atom stereocenters. The number of hydrogen-bond acceptors (Lipinski definition) is 7. The maximum absolute atomic E-state index is 13.0. The largest absolute Gasteiger partial charge is 0.477 e. The first-order valence-electron chi connectivity index (χ1n) is 37.9. The number of nitrogens with zero attached hydrogens (tertiary/aromatic N) is 1. The highest BCUT2D eigenvalue weighted by molar-refractivity contribution is 5.71. The molecule has 9 nitrogen and oxygen atoms in total. The van der Waals surface area contributed by atoms with Crippen LogP contribution in [0.25, 0.3) is 0 Å². The lowest BCUT2D eigenvalue weighted by atomic mass is 10.0. The van der Waals surface area contributed by atoms with E-state index in [4.69, 9.17) is 18.9 Å². The Morgan fingerprint density at radius 2 is 0.568 bits per heavy atom. The van der Waals surface area contributed by atoms with E-state index in [1.807, 2.05) is 21.1 Å². The Morgan fingerprint density at radius 1 is 0.316 bits per heavy atom. The fraction of sp³-hybridized carbons (Fsp3) is 0.616. The van der Waals surface area contributed by atoms with Crippen LogP contribution >= 0.6 is 0 Å². The van der Waals surface area contributed by atoms with E-state index < -0.39 is 24.3 Å². The number of carbonyl (C=O) groups excluding carboxylic acids is 2. The van der Waals surface area contributed by atoms with Crippen molar-refractivity contribution in [2.75, 3.05) is 47.5 Å². The van der Waals surface area contributed by atoms with Crippen LogP contribution in [0.5, 0.6) is 0 Å². The molecule has 0 saturated carbocycles. The predicted octanol–water partition coefficient (Wildman–Crippen LogP) is 24.4. The van der Waals surface area contributed by atoms with Gasteiger partial charge in [-0.25, -0.2) is 4.79 Å². The SMILES string of the molecule is CC/C=C\C/C=C\C/C=C\C/C=C\C/C=C\C/C=C\C/C=C\C/C=C\C/C=C\CCCCCCCC(=O)OC(COC(=O)CCCCCCCCCCCCCCCCCCCC/C=C\C/C=C\C/C=C\C/C=C\C/C=C\C/C=C\CC)COC(OCC[N+](C)(C)C)C(=O)O. The Morgan fingerprint density at radius 3 is 0.842 bits per heavy atom. The van der Waals surface area contributed by atoms with Crippen molar-refractivity contribution < 1.29 is 42.9 Å². The number of unbranched alkanes of at least 4 members (excludes halogenated alkanes) is 23. The van der Waals surface area contributed by atoms with Crippen LogP contribution in [0.15, 0.2) is 182 Å². The van der Waals surface area contributed by atoms with Gasteiger partial charge in [0.2, 0.25) is 0 Å². The number of rotatable bonds is 68. The van der Waals surface area contributed by atoms with Crippen molar-refractivity contribution in [2.24, 2.45) is 0 Å². The number of hydrogen-bond donors (Lipinski definition) is 1. The van der Waals surface area contributed by atoms with Gasteiger partial charge in [0.1, 0.15) is 13.2 Å². The molecule has 0 heterocycles. The molecule has 0 aliphatic rings. The number of carboxylic acids is 1. The molecule has 1 N–H and O–H groups in total. The van der Waals surface area contributed by atoms with Gasteiger partial charge in [0.15, 0.2) is 6.10 Å². The zero-order chi connectivity index (χ0) is 69.0. The molecule has 0 amide bonds. The Balaban J connectivity index is 4.15. The molecule has 0 bridgehead atoms. The minimum absolute atomic E-state index is 0.175. The van der Waals surface area contributed by atoms with E-state index in [1.165, 1.54) is 103 Å². The lowest BCUT2D eigenvalue weighted by Gasteiger charge is -2.25. The van der Waals surface area contributed by atoms with Gasteiger partial charge in [0.25, 0.3) is 6.29 Å². The van der Waals surface area contributed by atoms with Crippen LogP contribution in [0.3, 0.4) is 0 Å². The normalized spacial score (nSPS) is 13.7. The number of ether oxygens (including phenoxy) is 4. The lowest BCUT2D eigenvalue weighted by molar-refractivity contribution is -0.870. The monoisotopic (exact) mass is 1320 g/mol. The van der Waals surface area contributed by atoms with Crippen LogP contribution in [-0.2, 0) is 33.3 Å². The molecular formula is C86H140NO8+. The number of carbonyl (C=O) groups is 3. The van der Waals surface area contributed by atoms with E-state index in [-0.39, 0.29) is 38.6 Å². The van der Waals surface area contributed by atoms with Crippen molar-refractivity contribution in [3.05, 3.63) is 182 Å². The molecule has 0 spiro atoms. The van der Waals surface area contributed by atoms with Crippen LogP contribution < -0.4 is 0 Å². The highest BCUT2D eigenvalue weighted by atomic mass is 16.7. The second kappa shape index (κ2) is 74.2. The van der Waals surface area contributed by atoms with Gasteiger partial charge < -0.3 is 28.5 Å². The summed E-state index contributed by atoms with van der Waals surface area (Å²) < 4.78 is 23.0.